The van der Waals surface area contributed by atoms with Gasteiger partial charge in [0.2, 0.25) is 8.32 Å². The molecule has 4 rings (SSSR count). The first kappa shape index (κ1) is 17.0. The Morgan fingerprint density at radius 1 is 1.08 bits per heavy atom. The standard InChI is InChI=1S/C21H30N2OSi/c1-15(24-25(4,5)6)20-17-13-10-14-18(17)21(23-22-20,19(20,2)3)16-11-8-7-9-12-16/h7-9,11-12,17-18H,1,10,13-14H2,2-6H3/t17-,18+,20-,21+/m0/s1. The van der Waals surface area contributed by atoms with Crippen molar-refractivity contribution in [1.82, 2.24) is 0 Å². The molecule has 134 valence electrons. The van der Waals surface area contributed by atoms with Crippen molar-refractivity contribution < 1.29 is 4.43 Å². The van der Waals surface area contributed by atoms with Crippen LogP contribution in [0.4, 0.5) is 0 Å². The van der Waals surface area contributed by atoms with E-state index in [1.54, 1.807) is 0 Å². The summed E-state index contributed by atoms with van der Waals surface area (Å²) in [4.78, 5) is 0. The monoisotopic (exact) mass is 354 g/mol. The molecule has 1 aromatic carbocycles. The molecule has 2 saturated carbocycles. The van der Waals surface area contributed by atoms with Gasteiger partial charge in [0.1, 0.15) is 16.8 Å². The summed E-state index contributed by atoms with van der Waals surface area (Å²) in [5.41, 5.74) is 0.542. The van der Waals surface area contributed by atoms with Crippen LogP contribution in [-0.4, -0.2) is 13.9 Å². The summed E-state index contributed by atoms with van der Waals surface area (Å²) < 4.78 is 6.46. The van der Waals surface area contributed by atoms with Gasteiger partial charge in [-0.05, 0) is 49.9 Å². The molecule has 3 nitrogen and oxygen atoms in total. The van der Waals surface area contributed by atoms with E-state index >= 15 is 0 Å². The maximum absolute atomic E-state index is 6.46. The van der Waals surface area contributed by atoms with Crippen molar-refractivity contribution in [3.05, 3.63) is 48.2 Å². The third-order valence-electron chi connectivity index (χ3n) is 6.93. The summed E-state index contributed by atoms with van der Waals surface area (Å²) >= 11 is 0. The lowest BCUT2D eigenvalue weighted by atomic mass is 9.62. The fourth-order valence-corrected chi connectivity index (χ4v) is 7.01. The second-order valence-corrected chi connectivity index (χ2v) is 13.9. The van der Waals surface area contributed by atoms with Gasteiger partial charge in [-0.15, -0.1) is 0 Å². The molecule has 0 saturated heterocycles. The zero-order chi connectivity index (χ0) is 18.1. The van der Waals surface area contributed by atoms with Crippen molar-refractivity contribution in [3.63, 3.8) is 0 Å². The number of hydrogen-bond donors (Lipinski definition) is 0. The van der Waals surface area contributed by atoms with Gasteiger partial charge in [0, 0.05) is 5.41 Å². The van der Waals surface area contributed by atoms with Crippen molar-refractivity contribution in [3.8, 4) is 0 Å². The quantitative estimate of drug-likeness (QED) is 0.489. The Morgan fingerprint density at radius 3 is 2.36 bits per heavy atom. The van der Waals surface area contributed by atoms with Gasteiger partial charge >= 0.3 is 0 Å². The average molecular weight is 355 g/mol. The molecule has 1 aromatic rings. The van der Waals surface area contributed by atoms with Crippen LogP contribution in [0, 0.1) is 17.3 Å². The van der Waals surface area contributed by atoms with Crippen LogP contribution in [0.25, 0.3) is 0 Å². The van der Waals surface area contributed by atoms with Crippen molar-refractivity contribution in [2.75, 3.05) is 0 Å². The number of nitrogens with zero attached hydrogens (tertiary/aromatic N) is 2. The molecule has 2 bridgehead atoms. The summed E-state index contributed by atoms with van der Waals surface area (Å²) in [5, 5.41) is 10.0. The van der Waals surface area contributed by atoms with E-state index in [-0.39, 0.29) is 16.5 Å². The summed E-state index contributed by atoms with van der Waals surface area (Å²) in [6.45, 7) is 15.8. The molecule has 0 unspecified atom stereocenters. The molecule has 0 aromatic heterocycles. The SMILES string of the molecule is C=C(O[Si](C)(C)C)[C@]12N=N[C@](c3ccccc3)([C@@H]3CCC[C@@H]31)C2(C)C. The molecule has 0 spiro atoms. The van der Waals surface area contributed by atoms with Crippen LogP contribution in [0.1, 0.15) is 38.7 Å². The van der Waals surface area contributed by atoms with E-state index in [0.29, 0.717) is 11.8 Å². The predicted molar refractivity (Wildman–Crippen MR) is 104 cm³/mol. The zero-order valence-corrected chi connectivity index (χ0v) is 17.2. The van der Waals surface area contributed by atoms with E-state index in [9.17, 15) is 0 Å². The van der Waals surface area contributed by atoms with Gasteiger partial charge in [-0.3, -0.25) is 0 Å². The van der Waals surface area contributed by atoms with Gasteiger partial charge in [-0.25, -0.2) is 0 Å². The zero-order valence-electron chi connectivity index (χ0n) is 16.2. The number of hydrogen-bond acceptors (Lipinski definition) is 3. The summed E-state index contributed by atoms with van der Waals surface area (Å²) in [6.07, 6.45) is 3.69. The Kier molecular flexibility index (Phi) is 3.44. The summed E-state index contributed by atoms with van der Waals surface area (Å²) in [5.74, 6) is 1.89. The van der Waals surface area contributed by atoms with E-state index < -0.39 is 8.32 Å². The largest absolute Gasteiger partial charge is 0.546 e. The van der Waals surface area contributed by atoms with Gasteiger partial charge in [0.05, 0.1) is 0 Å². The van der Waals surface area contributed by atoms with Crippen LogP contribution in [0.3, 0.4) is 0 Å². The molecule has 1 aliphatic heterocycles. The molecule has 2 fully saturated rings. The predicted octanol–water partition coefficient (Wildman–Crippen LogP) is 5.91. The molecule has 25 heavy (non-hydrogen) atoms. The summed E-state index contributed by atoms with van der Waals surface area (Å²) in [6, 6.07) is 10.8. The van der Waals surface area contributed by atoms with Gasteiger partial charge in [-0.1, -0.05) is 57.2 Å². The molecular weight excluding hydrogens is 324 g/mol. The number of fused-ring (bicyclic) bond motifs is 5. The van der Waals surface area contributed by atoms with Crippen LogP contribution in [0.5, 0.6) is 0 Å². The Bertz CT molecular complexity index is 736. The van der Waals surface area contributed by atoms with E-state index in [1.165, 1.54) is 24.8 Å². The van der Waals surface area contributed by atoms with Gasteiger partial charge in [0.25, 0.3) is 0 Å². The van der Waals surface area contributed by atoms with E-state index in [2.05, 4.69) is 70.4 Å². The lowest BCUT2D eigenvalue weighted by Gasteiger charge is -2.43. The van der Waals surface area contributed by atoms with Crippen LogP contribution in [-0.2, 0) is 9.96 Å². The van der Waals surface area contributed by atoms with Crippen molar-refractivity contribution in [2.45, 2.75) is 63.8 Å². The molecular formula is C21H30N2OSi. The number of benzene rings is 1. The third-order valence-corrected chi connectivity index (χ3v) is 7.79. The molecule has 0 radical (unpaired) electrons. The van der Waals surface area contributed by atoms with Crippen LogP contribution < -0.4 is 0 Å². The van der Waals surface area contributed by atoms with Crippen LogP contribution in [0.15, 0.2) is 52.9 Å². The Morgan fingerprint density at radius 2 is 1.72 bits per heavy atom. The van der Waals surface area contributed by atoms with Crippen molar-refractivity contribution in [2.24, 2.45) is 27.5 Å². The number of rotatable bonds is 4. The summed E-state index contributed by atoms with van der Waals surface area (Å²) in [7, 11) is -1.74. The minimum atomic E-state index is -1.74. The fraction of sp³-hybridized carbons (Fsp3) is 0.619. The average Bonchev–Trinajstić information content (AvgIpc) is 3.14. The maximum atomic E-state index is 6.46. The molecule has 0 N–H and O–H groups in total. The highest BCUT2D eigenvalue weighted by molar-refractivity contribution is 6.70. The molecule has 4 heteroatoms. The molecule has 4 atom stereocenters. The topological polar surface area (TPSA) is 34.0 Å². The second kappa shape index (κ2) is 5.06. The lowest BCUT2D eigenvalue weighted by molar-refractivity contribution is 0.133. The molecule has 0 amide bonds. The fourth-order valence-electron chi connectivity index (χ4n) is 6.12. The van der Waals surface area contributed by atoms with E-state index in [1.807, 2.05) is 0 Å². The van der Waals surface area contributed by atoms with E-state index in [4.69, 9.17) is 14.7 Å². The van der Waals surface area contributed by atoms with E-state index in [0.717, 1.165) is 5.76 Å². The highest BCUT2D eigenvalue weighted by Crippen LogP contribution is 2.75. The third kappa shape index (κ3) is 1.92. The minimum Gasteiger partial charge on any atom is -0.546 e. The highest BCUT2D eigenvalue weighted by Gasteiger charge is 2.79. The molecule has 3 aliphatic rings. The molecule has 2 aliphatic carbocycles. The maximum Gasteiger partial charge on any atom is 0.241 e. The Hall–Kier alpha value is -1.42. The lowest BCUT2D eigenvalue weighted by Crippen LogP contribution is -2.49. The second-order valence-electron chi connectivity index (χ2n) is 9.51. The van der Waals surface area contributed by atoms with Gasteiger partial charge in [-0.2, -0.15) is 10.2 Å². The first-order valence-corrected chi connectivity index (χ1v) is 13.0. The smallest absolute Gasteiger partial charge is 0.241 e. The van der Waals surface area contributed by atoms with Crippen molar-refractivity contribution >= 4 is 8.32 Å². The van der Waals surface area contributed by atoms with Crippen LogP contribution >= 0.6 is 0 Å². The van der Waals surface area contributed by atoms with Gasteiger partial charge in [0.15, 0.2) is 0 Å². The first-order chi connectivity index (χ1) is 11.7. The normalized spacial score (nSPS) is 38.0. The Balaban J connectivity index is 1.89. The highest BCUT2D eigenvalue weighted by atomic mass is 28.4. The van der Waals surface area contributed by atoms with Gasteiger partial charge < -0.3 is 4.43 Å². The minimum absolute atomic E-state index is 0.131. The first-order valence-electron chi connectivity index (χ1n) is 9.55. The Labute approximate surface area is 152 Å². The molecule has 1 heterocycles. The van der Waals surface area contributed by atoms with Crippen molar-refractivity contribution in [1.29, 1.82) is 0 Å². The van der Waals surface area contributed by atoms with Crippen LogP contribution in [0.2, 0.25) is 19.6 Å². The number of azo groups is 1.